The van der Waals surface area contributed by atoms with Crippen molar-refractivity contribution in [3.63, 3.8) is 0 Å². The number of aryl methyl sites for hydroxylation is 1. The van der Waals surface area contributed by atoms with Gasteiger partial charge in [0.2, 0.25) is 0 Å². The third-order valence-electron chi connectivity index (χ3n) is 4.33. The van der Waals surface area contributed by atoms with Crippen LogP contribution in [0, 0.1) is 21.0 Å². The van der Waals surface area contributed by atoms with Crippen LogP contribution in [0.15, 0.2) is 24.3 Å². The summed E-state index contributed by atoms with van der Waals surface area (Å²) in [7, 11) is -4.20. The number of benzene rings is 2. The van der Waals surface area contributed by atoms with Crippen LogP contribution in [0.1, 0.15) is 25.3 Å². The minimum absolute atomic E-state index is 0.0635. The lowest BCUT2D eigenvalue weighted by Gasteiger charge is -2.19. The van der Waals surface area contributed by atoms with Crippen LogP contribution in [0.4, 0.5) is 30.2 Å². The van der Waals surface area contributed by atoms with Crippen molar-refractivity contribution in [2.45, 2.75) is 32.3 Å². The van der Waals surface area contributed by atoms with Gasteiger partial charge in [0.1, 0.15) is 11.5 Å². The Labute approximate surface area is 192 Å². The van der Waals surface area contributed by atoms with E-state index < -0.39 is 46.1 Å². The molecule has 0 saturated heterocycles. The van der Waals surface area contributed by atoms with Crippen LogP contribution < -0.4 is 14.8 Å². The zero-order valence-corrected chi connectivity index (χ0v) is 19.5. The van der Waals surface area contributed by atoms with Crippen LogP contribution in [0.3, 0.4) is 0 Å². The maximum absolute atomic E-state index is 14.6. The second-order valence-corrected chi connectivity index (χ2v) is 9.41. The number of rotatable bonds is 11. The summed E-state index contributed by atoms with van der Waals surface area (Å²) in [6.07, 6.45) is -0.389. The molecule has 0 saturated carbocycles. The summed E-state index contributed by atoms with van der Waals surface area (Å²) in [6, 6.07) is 4.94. The molecule has 2 aromatic carbocycles. The van der Waals surface area contributed by atoms with Crippen molar-refractivity contribution >= 4 is 49.9 Å². The molecule has 5 N–H and O–H groups in total. The minimum atomic E-state index is -4.20. The zero-order chi connectivity index (χ0) is 23.2. The predicted octanol–water partition coefficient (Wildman–Crippen LogP) is 3.39. The van der Waals surface area contributed by atoms with Gasteiger partial charge in [-0.2, -0.15) is 13.1 Å². The van der Waals surface area contributed by atoms with Crippen LogP contribution in [-0.4, -0.2) is 37.9 Å². The molecule has 31 heavy (non-hydrogen) atoms. The molecular weight excluding hydrogens is 550 g/mol. The molecule has 2 aromatic rings. The molecule has 0 aliphatic carbocycles. The van der Waals surface area contributed by atoms with E-state index in [4.69, 9.17) is 5.11 Å². The largest absolute Gasteiger partial charge is 0.394 e. The highest BCUT2D eigenvalue weighted by atomic mass is 127. The molecule has 0 fully saturated rings. The summed E-state index contributed by atoms with van der Waals surface area (Å²) in [6.45, 7) is 1.12. The second kappa shape index (κ2) is 11.3. The van der Waals surface area contributed by atoms with E-state index in [1.54, 1.807) is 13.0 Å². The van der Waals surface area contributed by atoms with Crippen molar-refractivity contribution in [1.82, 2.24) is 4.72 Å². The fraction of sp³-hybridized carbons (Fsp3) is 0.368. The summed E-state index contributed by atoms with van der Waals surface area (Å²) < 4.78 is 72.9. The molecule has 0 aliphatic heterocycles. The highest BCUT2D eigenvalue weighted by Gasteiger charge is 2.23. The smallest absolute Gasteiger partial charge is 0.299 e. The fourth-order valence-electron chi connectivity index (χ4n) is 2.72. The average molecular weight is 573 g/mol. The van der Waals surface area contributed by atoms with Gasteiger partial charge in [-0.1, -0.05) is 6.92 Å². The van der Waals surface area contributed by atoms with Gasteiger partial charge in [0.05, 0.1) is 24.1 Å². The van der Waals surface area contributed by atoms with Crippen molar-refractivity contribution in [3.8, 4) is 0 Å². The standard InChI is InChI=1S/C19H23F3IN3O4S/c1-2-11-8-15(21)17(22)19(25-16-6-5-12(23)9-14(16)20)18(11)26-31(29,30)24-7-3-4-13(28)10-27/h5-6,8-9,13,24-28H,2-4,7,10H2,1H3. The summed E-state index contributed by atoms with van der Waals surface area (Å²) in [5, 5.41) is 20.5. The van der Waals surface area contributed by atoms with Crippen molar-refractivity contribution in [3.05, 3.63) is 50.9 Å². The number of nitrogens with one attached hydrogen (secondary N) is 3. The normalized spacial score (nSPS) is 12.6. The molecule has 1 unspecified atom stereocenters. The van der Waals surface area contributed by atoms with E-state index in [1.807, 2.05) is 22.6 Å². The van der Waals surface area contributed by atoms with Gasteiger partial charge >= 0.3 is 0 Å². The lowest BCUT2D eigenvalue weighted by molar-refractivity contribution is 0.0869. The number of aliphatic hydroxyl groups is 2. The maximum Gasteiger partial charge on any atom is 0.299 e. The lowest BCUT2D eigenvalue weighted by Crippen LogP contribution is -2.32. The quantitative estimate of drug-likeness (QED) is 0.209. The molecule has 7 nitrogen and oxygen atoms in total. The first-order valence-electron chi connectivity index (χ1n) is 9.37. The van der Waals surface area contributed by atoms with E-state index in [2.05, 4.69) is 14.8 Å². The van der Waals surface area contributed by atoms with Gasteiger partial charge < -0.3 is 15.5 Å². The van der Waals surface area contributed by atoms with Crippen LogP contribution in [0.25, 0.3) is 0 Å². The summed E-state index contributed by atoms with van der Waals surface area (Å²) >= 11 is 1.89. The Bertz CT molecular complexity index is 1020. The third kappa shape index (κ3) is 7.20. The fourth-order valence-corrected chi connectivity index (χ4v) is 4.16. The third-order valence-corrected chi connectivity index (χ3v) is 6.05. The monoisotopic (exact) mass is 573 g/mol. The Morgan fingerprint density at radius 1 is 1.13 bits per heavy atom. The topological polar surface area (TPSA) is 111 Å². The van der Waals surface area contributed by atoms with Crippen molar-refractivity contribution in [2.75, 3.05) is 23.2 Å². The number of aliphatic hydroxyl groups excluding tert-OH is 2. The Morgan fingerprint density at radius 3 is 2.45 bits per heavy atom. The Kier molecular flexibility index (Phi) is 9.36. The SMILES string of the molecule is CCc1cc(F)c(F)c(Nc2ccc(I)cc2F)c1NS(=O)(=O)NCCCC(O)CO. The molecule has 0 aliphatic rings. The molecule has 0 spiro atoms. The van der Waals surface area contributed by atoms with Crippen molar-refractivity contribution in [1.29, 1.82) is 0 Å². The Balaban J connectivity index is 2.33. The summed E-state index contributed by atoms with van der Waals surface area (Å²) in [5.41, 5.74) is -0.785. The van der Waals surface area contributed by atoms with E-state index in [0.717, 1.165) is 6.07 Å². The first kappa shape index (κ1) is 25.6. The second-order valence-electron chi connectivity index (χ2n) is 6.66. The van der Waals surface area contributed by atoms with E-state index >= 15 is 0 Å². The molecule has 172 valence electrons. The van der Waals surface area contributed by atoms with Crippen molar-refractivity contribution < 1.29 is 31.8 Å². The number of hydrogen-bond acceptors (Lipinski definition) is 5. The number of halogens is 4. The van der Waals surface area contributed by atoms with Crippen molar-refractivity contribution in [2.24, 2.45) is 0 Å². The van der Waals surface area contributed by atoms with E-state index in [9.17, 15) is 26.7 Å². The number of hydrogen-bond donors (Lipinski definition) is 5. The van der Waals surface area contributed by atoms with Gasteiger partial charge in [-0.3, -0.25) is 4.72 Å². The molecule has 0 amide bonds. The van der Waals surface area contributed by atoms with Crippen LogP contribution in [-0.2, 0) is 16.6 Å². The molecule has 0 bridgehead atoms. The Morgan fingerprint density at radius 2 is 1.84 bits per heavy atom. The molecule has 0 radical (unpaired) electrons. The van der Waals surface area contributed by atoms with Crippen LogP contribution in [0.5, 0.6) is 0 Å². The van der Waals surface area contributed by atoms with Gasteiger partial charge in [0.15, 0.2) is 11.6 Å². The molecular formula is C19H23F3IN3O4S. The van der Waals surface area contributed by atoms with E-state index in [0.29, 0.717) is 3.57 Å². The van der Waals surface area contributed by atoms with Gasteiger partial charge in [-0.05, 0) is 71.7 Å². The zero-order valence-electron chi connectivity index (χ0n) is 16.6. The van der Waals surface area contributed by atoms with Gasteiger partial charge in [-0.25, -0.2) is 13.2 Å². The molecule has 0 aromatic heterocycles. The predicted molar refractivity (Wildman–Crippen MR) is 121 cm³/mol. The Hall–Kier alpha value is -1.61. The molecule has 2 rings (SSSR count). The summed E-state index contributed by atoms with van der Waals surface area (Å²) in [4.78, 5) is 0. The van der Waals surface area contributed by atoms with Gasteiger partial charge in [-0.15, -0.1) is 0 Å². The van der Waals surface area contributed by atoms with Crippen LogP contribution >= 0.6 is 22.6 Å². The molecule has 0 heterocycles. The van der Waals surface area contributed by atoms with E-state index in [1.165, 1.54) is 12.1 Å². The molecule has 12 heteroatoms. The van der Waals surface area contributed by atoms with Gasteiger partial charge in [0, 0.05) is 10.1 Å². The maximum atomic E-state index is 14.6. The highest BCUT2D eigenvalue weighted by Crippen LogP contribution is 2.35. The first-order chi connectivity index (χ1) is 14.6. The summed E-state index contributed by atoms with van der Waals surface area (Å²) in [5.74, 6) is -3.29. The van der Waals surface area contributed by atoms with Crippen LogP contribution in [0.2, 0.25) is 0 Å². The highest BCUT2D eigenvalue weighted by molar-refractivity contribution is 14.1. The first-order valence-corrected chi connectivity index (χ1v) is 11.9. The minimum Gasteiger partial charge on any atom is -0.394 e. The average Bonchev–Trinajstić information content (AvgIpc) is 2.71. The number of anilines is 3. The lowest BCUT2D eigenvalue weighted by atomic mass is 10.1. The molecule has 1 atom stereocenters. The van der Waals surface area contributed by atoms with E-state index in [-0.39, 0.29) is 42.7 Å². The van der Waals surface area contributed by atoms with Gasteiger partial charge in [0.25, 0.3) is 10.2 Å².